The normalized spacial score (nSPS) is 23.0. The number of aliphatic hydroxyl groups is 1. The first-order chi connectivity index (χ1) is 11.2. The van der Waals surface area contributed by atoms with E-state index in [1.54, 1.807) is 0 Å². The number of hydrogen-bond donors (Lipinski definition) is 1. The van der Waals surface area contributed by atoms with Crippen LogP contribution >= 0.6 is 15.9 Å². The molecule has 4 nitrogen and oxygen atoms in total. The molecule has 0 aliphatic heterocycles. The van der Waals surface area contributed by atoms with Gasteiger partial charge in [-0.05, 0) is 72.9 Å². The zero-order valence-corrected chi connectivity index (χ0v) is 15.8. The summed E-state index contributed by atoms with van der Waals surface area (Å²) in [6, 6.07) is 4.67. The maximum atomic E-state index is 9.08. The molecule has 0 unspecified atom stereocenters. The minimum absolute atomic E-state index is 0. The van der Waals surface area contributed by atoms with Crippen molar-refractivity contribution in [2.24, 2.45) is 5.92 Å². The van der Waals surface area contributed by atoms with Crippen molar-refractivity contribution >= 4 is 44.2 Å². The van der Waals surface area contributed by atoms with E-state index in [1.807, 2.05) is 0 Å². The summed E-state index contributed by atoms with van der Waals surface area (Å²) in [5.41, 5.74) is 1.02. The zero-order chi connectivity index (χ0) is 15.8. The van der Waals surface area contributed by atoms with Gasteiger partial charge < -0.3 is 9.84 Å². The van der Waals surface area contributed by atoms with Crippen LogP contribution in [0.2, 0.25) is 0 Å². The average molecular weight is 417 g/mol. The van der Waals surface area contributed by atoms with Crippen LogP contribution in [0.25, 0.3) is 10.9 Å². The van der Waals surface area contributed by atoms with E-state index in [0.717, 1.165) is 53.2 Å². The van der Waals surface area contributed by atoms with Gasteiger partial charge in [-0.1, -0.05) is 0 Å². The molecule has 0 amide bonds. The number of benzene rings is 1. The Hall–Kier alpha value is 0.0599. The fourth-order valence-electron chi connectivity index (χ4n) is 3.57. The Labute approximate surface area is 180 Å². The number of nitrogens with zero attached hydrogens (tertiary/aromatic N) is 2. The average Bonchev–Trinajstić information content (AvgIpc) is 3.27. The second-order valence-corrected chi connectivity index (χ2v) is 7.81. The molecule has 7 heteroatoms. The predicted octanol–water partition coefficient (Wildman–Crippen LogP) is 0.00610. The van der Waals surface area contributed by atoms with Gasteiger partial charge in [-0.3, -0.25) is 4.68 Å². The smallest absolute Gasteiger partial charge is 0.489 e. The van der Waals surface area contributed by atoms with Crippen molar-refractivity contribution in [1.29, 1.82) is 0 Å². The maximum absolute atomic E-state index is 9.08. The molecule has 1 N–H and O–H groups in total. The molecule has 132 valence electrons. The van der Waals surface area contributed by atoms with Crippen molar-refractivity contribution in [2.45, 2.75) is 57.1 Å². The third kappa shape index (κ3) is 5.07. The van der Waals surface area contributed by atoms with Crippen molar-refractivity contribution in [3.05, 3.63) is 22.8 Å². The van der Waals surface area contributed by atoms with Crippen LogP contribution in [0, 0.1) is 5.92 Å². The number of fused-ring (bicyclic) bond motifs is 1. The first kappa shape index (κ1) is 21.4. The summed E-state index contributed by atoms with van der Waals surface area (Å²) in [7, 11) is 0. The molecular formula is C18H27AlBrLiN2O2. The number of halogens is 1. The number of rotatable bonds is 5. The van der Waals surface area contributed by atoms with E-state index in [9.17, 15) is 0 Å². The summed E-state index contributed by atoms with van der Waals surface area (Å²) < 4.78 is 9.10. The van der Waals surface area contributed by atoms with Crippen LogP contribution in [0.5, 0.6) is 5.75 Å². The molecule has 2 aliphatic rings. The van der Waals surface area contributed by atoms with Crippen LogP contribution in [-0.2, 0) is 0 Å². The van der Waals surface area contributed by atoms with Crippen LogP contribution < -0.4 is 23.6 Å². The molecule has 2 aromatic rings. The molecule has 1 aromatic carbocycles. The summed E-state index contributed by atoms with van der Waals surface area (Å²) in [4.78, 5) is 0. The van der Waals surface area contributed by atoms with Crippen LogP contribution in [-0.4, -0.2) is 45.0 Å². The molecule has 0 bridgehead atoms. The zero-order valence-electron chi connectivity index (χ0n) is 14.2. The van der Waals surface area contributed by atoms with Gasteiger partial charge in [-0.15, -0.1) is 0 Å². The Kier molecular flexibility index (Phi) is 7.96. The fourth-order valence-corrected chi connectivity index (χ4v) is 4.02. The third-order valence-corrected chi connectivity index (χ3v) is 5.74. The molecule has 2 fully saturated rings. The van der Waals surface area contributed by atoms with Crippen molar-refractivity contribution in [3.63, 3.8) is 0 Å². The Morgan fingerprint density at radius 2 is 1.88 bits per heavy atom. The van der Waals surface area contributed by atoms with E-state index in [4.69, 9.17) is 14.9 Å². The van der Waals surface area contributed by atoms with Gasteiger partial charge in [0.1, 0.15) is 5.75 Å². The van der Waals surface area contributed by atoms with Crippen LogP contribution in [0.3, 0.4) is 0 Å². The molecule has 0 saturated heterocycles. The number of aromatic nitrogens is 2. The summed E-state index contributed by atoms with van der Waals surface area (Å²) >= 11 is 3.62. The standard InChI is InChI=1S/C18H23BrN2O2.Al.Li.4H/c19-16-9-13-11-21(14-3-1-12(2-4-14)7-8-22)20-17(13)10-18(16)23-15-5-6-15;;;;;;/h9-12,14-15,22H,1-8H2;;;;;;/q;-1;+1;;;;. The maximum Gasteiger partial charge on any atom is 1.00 e. The SMILES string of the molecule is OCCC1CCC(n2cc3cc(Br)c(OC4CC4)cc3n2)CC1.[AlH4-].[Li+]. The van der Waals surface area contributed by atoms with Gasteiger partial charge in [0.05, 0.1) is 22.1 Å². The van der Waals surface area contributed by atoms with E-state index >= 15 is 0 Å². The summed E-state index contributed by atoms with van der Waals surface area (Å²) in [6.07, 6.45) is 10.5. The fraction of sp³-hybridized carbons (Fsp3) is 0.611. The third-order valence-electron chi connectivity index (χ3n) is 5.12. The van der Waals surface area contributed by atoms with Crippen LogP contribution in [0.4, 0.5) is 0 Å². The second-order valence-electron chi connectivity index (χ2n) is 6.95. The first-order valence-electron chi connectivity index (χ1n) is 8.69. The summed E-state index contributed by atoms with van der Waals surface area (Å²) in [6.45, 7) is 0.318. The predicted molar refractivity (Wildman–Crippen MR) is 105 cm³/mol. The Morgan fingerprint density at radius 1 is 1.16 bits per heavy atom. The molecule has 0 radical (unpaired) electrons. The molecule has 1 aromatic heterocycles. The second kappa shape index (κ2) is 9.32. The van der Waals surface area contributed by atoms with Crippen molar-refractivity contribution < 1.29 is 28.7 Å². The monoisotopic (exact) mass is 416 g/mol. The summed E-state index contributed by atoms with van der Waals surface area (Å²) in [5, 5.41) is 15.0. The molecule has 1 heterocycles. The van der Waals surface area contributed by atoms with E-state index in [2.05, 4.69) is 38.9 Å². The molecule has 25 heavy (non-hydrogen) atoms. The molecule has 4 rings (SSSR count). The van der Waals surface area contributed by atoms with Crippen molar-refractivity contribution in [3.8, 4) is 5.75 Å². The quantitative estimate of drug-likeness (QED) is 0.698. The molecule has 2 saturated carbocycles. The van der Waals surface area contributed by atoms with Gasteiger partial charge in [0.15, 0.2) is 0 Å². The molecule has 0 spiro atoms. The number of hydrogen-bond acceptors (Lipinski definition) is 3. The van der Waals surface area contributed by atoms with E-state index in [1.165, 1.54) is 12.8 Å². The Morgan fingerprint density at radius 3 is 2.52 bits per heavy atom. The van der Waals surface area contributed by atoms with E-state index < -0.39 is 0 Å². The molecule has 0 atom stereocenters. The largest absolute Gasteiger partial charge is 1.00 e. The van der Waals surface area contributed by atoms with Gasteiger partial charge in [0, 0.05) is 41.6 Å². The number of aliphatic hydroxyl groups excluding tert-OH is 1. The van der Waals surface area contributed by atoms with Gasteiger partial charge in [-0.25, -0.2) is 0 Å². The van der Waals surface area contributed by atoms with Gasteiger partial charge >= 0.3 is 18.9 Å². The van der Waals surface area contributed by atoms with E-state index in [-0.39, 0.29) is 36.2 Å². The van der Waals surface area contributed by atoms with Gasteiger partial charge in [0.2, 0.25) is 0 Å². The number of ether oxygens (including phenoxy) is 1. The summed E-state index contributed by atoms with van der Waals surface area (Å²) in [5.74, 6) is 1.60. The Bertz CT molecular complexity index is 700. The van der Waals surface area contributed by atoms with Crippen LogP contribution in [0.15, 0.2) is 22.8 Å². The van der Waals surface area contributed by atoms with Crippen molar-refractivity contribution in [1.82, 2.24) is 9.78 Å². The van der Waals surface area contributed by atoms with Gasteiger partial charge in [-0.2, -0.15) is 5.10 Å². The Balaban J connectivity index is 0.00000113. The minimum Gasteiger partial charge on any atom is -0.489 e. The van der Waals surface area contributed by atoms with Gasteiger partial charge in [0.25, 0.3) is 0 Å². The first-order valence-corrected chi connectivity index (χ1v) is 9.48. The minimum atomic E-state index is 0. The van der Waals surface area contributed by atoms with Crippen molar-refractivity contribution in [2.75, 3.05) is 6.61 Å². The molecular weight excluding hydrogens is 390 g/mol. The topological polar surface area (TPSA) is 47.3 Å². The molecule has 2 aliphatic carbocycles. The van der Waals surface area contributed by atoms with E-state index in [0.29, 0.717) is 24.7 Å². The van der Waals surface area contributed by atoms with Crippen LogP contribution in [0.1, 0.15) is 51.0 Å².